The van der Waals surface area contributed by atoms with Crippen LogP contribution in [0, 0.1) is 0 Å². The fourth-order valence-corrected chi connectivity index (χ4v) is 1.31. The summed E-state index contributed by atoms with van der Waals surface area (Å²) < 4.78 is 5.51. The molecule has 0 amide bonds. The number of hydrogen-bond acceptors (Lipinski definition) is 1. The molecule has 0 N–H and O–H groups in total. The molecule has 0 aromatic carbocycles. The Morgan fingerprint density at radius 1 is 1.50 bits per heavy atom. The van der Waals surface area contributed by atoms with Crippen molar-refractivity contribution in [2.45, 2.75) is 39.5 Å². The van der Waals surface area contributed by atoms with Gasteiger partial charge >= 0.3 is 0 Å². The molecule has 1 aliphatic rings. The highest BCUT2D eigenvalue weighted by molar-refractivity contribution is 5.07. The molecule has 0 aliphatic carbocycles. The minimum Gasteiger partial charge on any atom is -0.498 e. The SMILES string of the molecule is CCCC1=C(C)CCCO1. The molecule has 0 aromatic rings. The van der Waals surface area contributed by atoms with E-state index >= 15 is 0 Å². The van der Waals surface area contributed by atoms with Crippen molar-refractivity contribution in [1.82, 2.24) is 0 Å². The molecular formula is C9H16O. The quantitative estimate of drug-likeness (QED) is 0.573. The maximum absolute atomic E-state index is 5.51. The van der Waals surface area contributed by atoms with Gasteiger partial charge in [0.2, 0.25) is 0 Å². The molecule has 0 unspecified atom stereocenters. The molecule has 0 bridgehead atoms. The van der Waals surface area contributed by atoms with Gasteiger partial charge in [0.1, 0.15) is 0 Å². The first-order chi connectivity index (χ1) is 4.84. The van der Waals surface area contributed by atoms with Gasteiger partial charge in [-0.3, -0.25) is 0 Å². The average Bonchev–Trinajstić information content (AvgIpc) is 1.94. The number of rotatable bonds is 2. The van der Waals surface area contributed by atoms with E-state index in [0.29, 0.717) is 0 Å². The van der Waals surface area contributed by atoms with Crippen LogP contribution in [0.3, 0.4) is 0 Å². The molecule has 0 saturated heterocycles. The Morgan fingerprint density at radius 3 is 2.90 bits per heavy atom. The van der Waals surface area contributed by atoms with Gasteiger partial charge in [0.05, 0.1) is 12.4 Å². The molecule has 1 aliphatic heterocycles. The molecule has 1 nitrogen and oxygen atoms in total. The summed E-state index contributed by atoms with van der Waals surface area (Å²) in [5.74, 6) is 1.26. The van der Waals surface area contributed by atoms with Gasteiger partial charge in [-0.2, -0.15) is 0 Å². The summed E-state index contributed by atoms with van der Waals surface area (Å²) in [6.07, 6.45) is 4.78. The van der Waals surface area contributed by atoms with Crippen molar-refractivity contribution in [1.29, 1.82) is 0 Å². The van der Waals surface area contributed by atoms with Crippen molar-refractivity contribution in [2.24, 2.45) is 0 Å². The Hall–Kier alpha value is -0.460. The third kappa shape index (κ3) is 1.76. The highest BCUT2D eigenvalue weighted by atomic mass is 16.5. The van der Waals surface area contributed by atoms with Gasteiger partial charge in [-0.05, 0) is 31.8 Å². The summed E-state index contributed by atoms with van der Waals surface area (Å²) in [5, 5.41) is 0. The number of allylic oxidation sites excluding steroid dienone is 2. The van der Waals surface area contributed by atoms with Crippen LogP contribution in [-0.4, -0.2) is 6.61 Å². The van der Waals surface area contributed by atoms with E-state index in [1.165, 1.54) is 30.6 Å². The summed E-state index contributed by atoms with van der Waals surface area (Å²) in [6, 6.07) is 0. The lowest BCUT2D eigenvalue weighted by molar-refractivity contribution is 0.177. The summed E-state index contributed by atoms with van der Waals surface area (Å²) >= 11 is 0. The Morgan fingerprint density at radius 2 is 2.30 bits per heavy atom. The van der Waals surface area contributed by atoms with Crippen molar-refractivity contribution in [3.8, 4) is 0 Å². The van der Waals surface area contributed by atoms with Crippen molar-refractivity contribution >= 4 is 0 Å². The fraction of sp³-hybridized carbons (Fsp3) is 0.778. The second-order valence-electron chi connectivity index (χ2n) is 2.91. The molecule has 1 heteroatoms. The summed E-state index contributed by atoms with van der Waals surface area (Å²) in [5.41, 5.74) is 1.47. The van der Waals surface area contributed by atoms with Gasteiger partial charge in [-0.25, -0.2) is 0 Å². The van der Waals surface area contributed by atoms with Crippen LogP contribution in [0.15, 0.2) is 11.3 Å². The molecule has 0 fully saturated rings. The van der Waals surface area contributed by atoms with E-state index < -0.39 is 0 Å². The van der Waals surface area contributed by atoms with Gasteiger partial charge in [0.25, 0.3) is 0 Å². The van der Waals surface area contributed by atoms with E-state index in [9.17, 15) is 0 Å². The first-order valence-corrected chi connectivity index (χ1v) is 4.16. The van der Waals surface area contributed by atoms with Gasteiger partial charge in [-0.15, -0.1) is 0 Å². The minimum atomic E-state index is 0.937. The minimum absolute atomic E-state index is 0.937. The molecule has 0 atom stereocenters. The van der Waals surface area contributed by atoms with Gasteiger partial charge in [-0.1, -0.05) is 6.92 Å². The van der Waals surface area contributed by atoms with E-state index in [1.807, 2.05) is 0 Å². The van der Waals surface area contributed by atoms with Crippen molar-refractivity contribution in [3.63, 3.8) is 0 Å². The monoisotopic (exact) mass is 140 g/mol. The first kappa shape index (κ1) is 7.64. The Labute approximate surface area is 63.1 Å². The largest absolute Gasteiger partial charge is 0.498 e. The predicted molar refractivity (Wildman–Crippen MR) is 42.8 cm³/mol. The maximum atomic E-state index is 5.51. The zero-order valence-electron chi connectivity index (χ0n) is 6.94. The second kappa shape index (κ2) is 3.65. The Balaban J connectivity index is 2.50. The van der Waals surface area contributed by atoms with Gasteiger partial charge in [0, 0.05) is 6.42 Å². The summed E-state index contributed by atoms with van der Waals surface area (Å²) in [7, 11) is 0. The van der Waals surface area contributed by atoms with Crippen LogP contribution < -0.4 is 0 Å². The average molecular weight is 140 g/mol. The van der Waals surface area contributed by atoms with Crippen LogP contribution in [0.1, 0.15) is 39.5 Å². The summed E-state index contributed by atoms with van der Waals surface area (Å²) in [4.78, 5) is 0. The van der Waals surface area contributed by atoms with Crippen LogP contribution >= 0.6 is 0 Å². The first-order valence-electron chi connectivity index (χ1n) is 4.16. The molecule has 1 rings (SSSR count). The zero-order valence-corrected chi connectivity index (χ0v) is 6.94. The van der Waals surface area contributed by atoms with Gasteiger partial charge < -0.3 is 4.74 Å². The van der Waals surface area contributed by atoms with E-state index in [-0.39, 0.29) is 0 Å². The van der Waals surface area contributed by atoms with Gasteiger partial charge in [0.15, 0.2) is 0 Å². The number of hydrogen-bond donors (Lipinski definition) is 0. The Kier molecular flexibility index (Phi) is 2.79. The highest BCUT2D eigenvalue weighted by Gasteiger charge is 2.07. The van der Waals surface area contributed by atoms with Crippen LogP contribution in [0.5, 0.6) is 0 Å². The van der Waals surface area contributed by atoms with Crippen LogP contribution in [0.2, 0.25) is 0 Å². The van der Waals surface area contributed by atoms with Crippen molar-refractivity contribution < 1.29 is 4.74 Å². The third-order valence-corrected chi connectivity index (χ3v) is 1.93. The Bertz CT molecular complexity index is 136. The van der Waals surface area contributed by atoms with E-state index in [4.69, 9.17) is 4.74 Å². The molecule has 0 spiro atoms. The topological polar surface area (TPSA) is 9.23 Å². The molecule has 58 valence electrons. The predicted octanol–water partition coefficient (Wildman–Crippen LogP) is 2.87. The normalized spacial score (nSPS) is 19.0. The highest BCUT2D eigenvalue weighted by Crippen LogP contribution is 2.21. The lowest BCUT2D eigenvalue weighted by Crippen LogP contribution is -2.04. The number of ether oxygens (including phenoxy) is 1. The smallest absolute Gasteiger partial charge is 0.0948 e. The lowest BCUT2D eigenvalue weighted by atomic mass is 10.1. The standard InChI is InChI=1S/C9H16O/c1-3-5-9-8(2)6-4-7-10-9/h3-7H2,1-2H3. The lowest BCUT2D eigenvalue weighted by Gasteiger charge is -2.18. The van der Waals surface area contributed by atoms with E-state index in [1.54, 1.807) is 0 Å². The van der Waals surface area contributed by atoms with Crippen molar-refractivity contribution in [3.05, 3.63) is 11.3 Å². The third-order valence-electron chi connectivity index (χ3n) is 1.93. The fourth-order valence-electron chi connectivity index (χ4n) is 1.31. The summed E-state index contributed by atoms with van der Waals surface area (Å²) in [6.45, 7) is 5.31. The van der Waals surface area contributed by atoms with Crippen LogP contribution in [0.4, 0.5) is 0 Å². The molecular weight excluding hydrogens is 124 g/mol. The van der Waals surface area contributed by atoms with Crippen molar-refractivity contribution in [2.75, 3.05) is 6.61 Å². The molecule has 1 heterocycles. The second-order valence-corrected chi connectivity index (χ2v) is 2.91. The molecule has 0 aromatic heterocycles. The van der Waals surface area contributed by atoms with E-state index in [2.05, 4.69) is 13.8 Å². The molecule has 0 saturated carbocycles. The zero-order chi connectivity index (χ0) is 7.40. The maximum Gasteiger partial charge on any atom is 0.0948 e. The van der Waals surface area contributed by atoms with Crippen LogP contribution in [-0.2, 0) is 4.74 Å². The molecule has 10 heavy (non-hydrogen) atoms. The molecule has 0 radical (unpaired) electrons. The van der Waals surface area contributed by atoms with E-state index in [0.717, 1.165) is 13.0 Å². The van der Waals surface area contributed by atoms with Crippen LogP contribution in [0.25, 0.3) is 0 Å².